The Morgan fingerprint density at radius 3 is 2.66 bits per heavy atom. The Labute approximate surface area is 181 Å². The van der Waals surface area contributed by atoms with Gasteiger partial charge in [0.25, 0.3) is 0 Å². The van der Waals surface area contributed by atoms with Gasteiger partial charge in [-0.15, -0.1) is 0 Å². The van der Waals surface area contributed by atoms with Gasteiger partial charge in [0, 0.05) is 5.56 Å². The molecule has 5 rings (SSSR count). The quantitative estimate of drug-likeness (QED) is 0.286. The van der Waals surface area contributed by atoms with E-state index in [-0.39, 0.29) is 11.6 Å². The fourth-order valence-electron chi connectivity index (χ4n) is 3.79. The molecular formula is C20H21N7O5. The molecule has 1 saturated heterocycles. The highest BCUT2D eigenvalue weighted by Crippen LogP contribution is 2.34. The van der Waals surface area contributed by atoms with Crippen LogP contribution in [0, 0.1) is 0 Å². The van der Waals surface area contributed by atoms with Crippen molar-refractivity contribution in [1.29, 1.82) is 0 Å². The van der Waals surface area contributed by atoms with Crippen LogP contribution in [0.15, 0.2) is 36.8 Å². The van der Waals surface area contributed by atoms with Crippen LogP contribution in [0.1, 0.15) is 6.23 Å². The molecule has 6 N–H and O–H groups in total. The van der Waals surface area contributed by atoms with Crippen LogP contribution >= 0.6 is 0 Å². The predicted molar refractivity (Wildman–Crippen MR) is 112 cm³/mol. The second kappa shape index (κ2) is 7.84. The molecule has 4 aromatic rings. The second-order valence-corrected chi connectivity index (χ2v) is 7.37. The molecule has 0 amide bonds. The van der Waals surface area contributed by atoms with Crippen LogP contribution < -0.4 is 10.5 Å². The third kappa shape index (κ3) is 3.17. The Hall–Kier alpha value is -3.58. The molecule has 1 fully saturated rings. The summed E-state index contributed by atoms with van der Waals surface area (Å²) in [6, 6.07) is 7.44. The van der Waals surface area contributed by atoms with Gasteiger partial charge < -0.3 is 30.5 Å². The predicted octanol–water partition coefficient (Wildman–Crippen LogP) is 0.0857. The number of aliphatic hydroxyl groups is 3. The highest BCUT2D eigenvalue weighted by Gasteiger charge is 2.44. The third-order valence-corrected chi connectivity index (χ3v) is 5.50. The van der Waals surface area contributed by atoms with Crippen LogP contribution in [0.25, 0.3) is 33.8 Å². The Balaban J connectivity index is 1.59. The number of nitrogen functional groups attached to an aromatic ring is 1. The van der Waals surface area contributed by atoms with Crippen molar-refractivity contribution >= 4 is 17.0 Å². The largest absolute Gasteiger partial charge is 0.497 e. The second-order valence-electron chi connectivity index (χ2n) is 7.37. The molecule has 32 heavy (non-hydrogen) atoms. The minimum atomic E-state index is -1.29. The minimum Gasteiger partial charge on any atom is -0.497 e. The molecule has 0 saturated carbocycles. The minimum absolute atomic E-state index is 0.130. The van der Waals surface area contributed by atoms with E-state index in [1.165, 1.54) is 10.9 Å². The van der Waals surface area contributed by atoms with Crippen LogP contribution in [0.5, 0.6) is 5.75 Å². The van der Waals surface area contributed by atoms with E-state index < -0.39 is 31.1 Å². The maximum atomic E-state index is 10.4. The Morgan fingerprint density at radius 1 is 1.19 bits per heavy atom. The summed E-state index contributed by atoms with van der Waals surface area (Å²) in [5.74, 6) is 1.13. The lowest BCUT2D eigenvalue weighted by molar-refractivity contribution is -0.0511. The summed E-state index contributed by atoms with van der Waals surface area (Å²) in [6.07, 6.45) is -1.42. The summed E-state index contributed by atoms with van der Waals surface area (Å²) >= 11 is 0. The van der Waals surface area contributed by atoms with Gasteiger partial charge in [-0.1, -0.05) is 12.1 Å². The number of hydrogen-bond acceptors (Lipinski definition) is 10. The molecular weight excluding hydrogens is 418 g/mol. The molecule has 12 heteroatoms. The molecule has 0 bridgehead atoms. The zero-order valence-corrected chi connectivity index (χ0v) is 17.0. The van der Waals surface area contributed by atoms with Gasteiger partial charge >= 0.3 is 0 Å². The third-order valence-electron chi connectivity index (χ3n) is 5.50. The maximum Gasteiger partial charge on any atom is 0.182 e. The Morgan fingerprint density at radius 2 is 1.97 bits per heavy atom. The number of imidazole rings is 1. The molecule has 12 nitrogen and oxygen atoms in total. The van der Waals surface area contributed by atoms with Crippen molar-refractivity contribution in [2.75, 3.05) is 19.5 Å². The molecule has 3 aromatic heterocycles. The first-order valence-corrected chi connectivity index (χ1v) is 9.82. The van der Waals surface area contributed by atoms with Gasteiger partial charge in [0.05, 0.1) is 26.2 Å². The van der Waals surface area contributed by atoms with Crippen molar-refractivity contribution < 1.29 is 24.8 Å². The number of nitrogens with one attached hydrogen (secondary N) is 1. The fourth-order valence-corrected chi connectivity index (χ4v) is 3.79. The number of H-pyrrole nitrogens is 1. The molecule has 4 atom stereocenters. The van der Waals surface area contributed by atoms with E-state index in [0.29, 0.717) is 16.9 Å². The number of benzene rings is 1. The average Bonchev–Trinajstić information content (AvgIpc) is 3.52. The number of aromatic amines is 1. The lowest BCUT2D eigenvalue weighted by atomic mass is 10.1. The van der Waals surface area contributed by atoms with Crippen LogP contribution in [-0.4, -0.2) is 77.1 Å². The van der Waals surface area contributed by atoms with E-state index in [1.54, 1.807) is 13.3 Å². The smallest absolute Gasteiger partial charge is 0.182 e. The number of hydrogen-bond donors (Lipinski definition) is 5. The summed E-state index contributed by atoms with van der Waals surface area (Å²) in [7, 11) is 1.60. The summed E-state index contributed by atoms with van der Waals surface area (Å²) in [6.45, 7) is -0.441. The number of ether oxygens (including phenoxy) is 2. The van der Waals surface area contributed by atoms with Gasteiger partial charge in [-0.3, -0.25) is 9.67 Å². The molecule has 0 spiro atoms. The maximum absolute atomic E-state index is 10.4. The van der Waals surface area contributed by atoms with Gasteiger partial charge in [0.15, 0.2) is 23.5 Å². The molecule has 166 valence electrons. The first-order chi connectivity index (χ1) is 15.5. The Bertz CT molecular complexity index is 1260. The molecule has 4 heterocycles. The first kappa shape index (κ1) is 20.3. The number of aliphatic hydroxyl groups excluding tert-OH is 3. The number of fused-ring (bicyclic) bond motifs is 1. The topological polar surface area (TPSA) is 177 Å². The number of aromatic nitrogens is 6. The fraction of sp³-hybridized carbons (Fsp3) is 0.300. The van der Waals surface area contributed by atoms with E-state index in [1.807, 2.05) is 24.3 Å². The number of anilines is 1. The van der Waals surface area contributed by atoms with Gasteiger partial charge in [-0.25, -0.2) is 15.0 Å². The van der Waals surface area contributed by atoms with Crippen LogP contribution in [0.4, 0.5) is 5.82 Å². The molecule has 0 radical (unpaired) electrons. The standard InChI is InChI=1S/C20H21N7O5/c1-31-10-4-2-9(3-5-10)11-6-23-26-13(11)18-24-17(21)14-19(25-18)27(8-22-14)20-16(30)15(29)12(7-28)32-20/h2-6,8,12,15-16,20,28-30H,7H2,1H3,(H,23,26)(H2,21,24,25)/t12-,15-,16-,20-/m1/s1. The molecule has 1 aliphatic heterocycles. The monoisotopic (exact) mass is 439 g/mol. The summed E-state index contributed by atoms with van der Waals surface area (Å²) in [4.78, 5) is 13.2. The van der Waals surface area contributed by atoms with Gasteiger partial charge in [0.1, 0.15) is 35.3 Å². The van der Waals surface area contributed by atoms with E-state index in [2.05, 4.69) is 25.1 Å². The first-order valence-electron chi connectivity index (χ1n) is 9.82. The molecule has 0 aliphatic carbocycles. The van der Waals surface area contributed by atoms with Crippen LogP contribution in [0.3, 0.4) is 0 Å². The van der Waals surface area contributed by atoms with Gasteiger partial charge in [-0.2, -0.15) is 5.10 Å². The average molecular weight is 439 g/mol. The summed E-state index contributed by atoms with van der Waals surface area (Å²) in [5, 5.41) is 36.9. The normalized spacial score (nSPS) is 23.1. The van der Waals surface area contributed by atoms with Gasteiger partial charge in [-0.05, 0) is 17.7 Å². The Kier molecular flexibility index (Phi) is 4.98. The van der Waals surface area contributed by atoms with Crippen molar-refractivity contribution in [2.24, 2.45) is 0 Å². The highest BCUT2D eigenvalue weighted by atomic mass is 16.6. The molecule has 1 aliphatic rings. The van der Waals surface area contributed by atoms with Crippen molar-refractivity contribution in [3.8, 4) is 28.4 Å². The number of nitrogens with two attached hydrogens (primary N) is 1. The number of rotatable bonds is 5. The van der Waals surface area contributed by atoms with Crippen molar-refractivity contribution in [3.63, 3.8) is 0 Å². The number of nitrogens with zero attached hydrogens (tertiary/aromatic N) is 5. The van der Waals surface area contributed by atoms with E-state index in [9.17, 15) is 15.3 Å². The van der Waals surface area contributed by atoms with Crippen molar-refractivity contribution in [3.05, 3.63) is 36.8 Å². The zero-order valence-electron chi connectivity index (χ0n) is 17.0. The van der Waals surface area contributed by atoms with E-state index in [4.69, 9.17) is 15.2 Å². The lowest BCUT2D eigenvalue weighted by Gasteiger charge is -2.16. The van der Waals surface area contributed by atoms with E-state index >= 15 is 0 Å². The highest BCUT2D eigenvalue weighted by molar-refractivity contribution is 5.86. The van der Waals surface area contributed by atoms with Crippen molar-refractivity contribution in [2.45, 2.75) is 24.5 Å². The zero-order chi connectivity index (χ0) is 22.4. The van der Waals surface area contributed by atoms with E-state index in [0.717, 1.165) is 16.9 Å². The summed E-state index contributed by atoms with van der Waals surface area (Å²) < 4.78 is 12.3. The summed E-state index contributed by atoms with van der Waals surface area (Å²) in [5.41, 5.74) is 8.93. The lowest BCUT2D eigenvalue weighted by Crippen LogP contribution is -2.33. The van der Waals surface area contributed by atoms with Crippen LogP contribution in [-0.2, 0) is 4.74 Å². The van der Waals surface area contributed by atoms with Crippen LogP contribution in [0.2, 0.25) is 0 Å². The molecule has 0 unspecified atom stereocenters. The van der Waals surface area contributed by atoms with Gasteiger partial charge in [0.2, 0.25) is 0 Å². The number of methoxy groups -OCH3 is 1. The SMILES string of the molecule is COc1ccc(-c2cn[nH]c2-c2nc(N)c3ncn([C@@H]4O[C@H](CO)[C@@H](O)[C@H]4O)c3n2)cc1. The molecule has 1 aromatic carbocycles. The van der Waals surface area contributed by atoms with Crippen molar-refractivity contribution in [1.82, 2.24) is 29.7 Å².